The van der Waals surface area contributed by atoms with Crippen LogP contribution in [0.15, 0.2) is 12.1 Å². The van der Waals surface area contributed by atoms with Crippen LogP contribution in [-0.2, 0) is 0 Å². The molecule has 0 fully saturated rings. The molecule has 0 atom stereocenters. The topological polar surface area (TPSA) is 83.7 Å². The Labute approximate surface area is 122 Å². The Morgan fingerprint density at radius 3 is 2.33 bits per heavy atom. The Kier molecular flexibility index (Phi) is 5.23. The van der Waals surface area contributed by atoms with Crippen molar-refractivity contribution in [1.82, 2.24) is 0 Å². The van der Waals surface area contributed by atoms with Crippen molar-refractivity contribution in [1.29, 1.82) is 0 Å². The van der Waals surface area contributed by atoms with E-state index in [0.717, 1.165) is 6.07 Å². The maximum atomic E-state index is 14.2. The molecule has 0 radical (unpaired) electrons. The molecule has 1 aromatic rings. The van der Waals surface area contributed by atoms with Crippen LogP contribution in [0.4, 0.5) is 15.8 Å². The van der Waals surface area contributed by atoms with Gasteiger partial charge in [-0.2, -0.15) is 0 Å². The van der Waals surface area contributed by atoms with Crippen molar-refractivity contribution in [3.63, 3.8) is 0 Å². The highest BCUT2D eigenvalue weighted by Crippen LogP contribution is 2.30. The van der Waals surface area contributed by atoms with Crippen molar-refractivity contribution >= 4 is 17.3 Å². The fourth-order valence-corrected chi connectivity index (χ4v) is 2.07. The fourth-order valence-electron chi connectivity index (χ4n) is 2.07. The van der Waals surface area contributed by atoms with Crippen molar-refractivity contribution in [2.45, 2.75) is 33.7 Å². The van der Waals surface area contributed by atoms with Gasteiger partial charge in [0.25, 0.3) is 5.69 Å². The van der Waals surface area contributed by atoms with Gasteiger partial charge in [-0.05, 0) is 25.8 Å². The molecule has 1 rings (SSSR count). The minimum Gasteiger partial charge on any atom is -0.477 e. The normalized spacial score (nSPS) is 11.0. The molecule has 0 unspecified atom stereocenters. The van der Waals surface area contributed by atoms with Crippen molar-refractivity contribution < 1.29 is 19.2 Å². The summed E-state index contributed by atoms with van der Waals surface area (Å²) < 4.78 is 14.2. The molecule has 0 saturated heterocycles. The third-order valence-corrected chi connectivity index (χ3v) is 2.99. The first kappa shape index (κ1) is 16.9. The molecule has 1 aromatic carbocycles. The summed E-state index contributed by atoms with van der Waals surface area (Å²) in [5.41, 5.74) is -1.18. The molecule has 0 spiro atoms. The lowest BCUT2D eigenvalue weighted by atomic mass is 10.1. The average molecular weight is 298 g/mol. The van der Waals surface area contributed by atoms with E-state index in [4.69, 9.17) is 5.11 Å². The molecule has 116 valence electrons. The molecule has 0 bridgehead atoms. The van der Waals surface area contributed by atoms with Gasteiger partial charge < -0.3 is 10.0 Å². The molecule has 0 aliphatic carbocycles. The summed E-state index contributed by atoms with van der Waals surface area (Å²) in [4.78, 5) is 22.8. The van der Waals surface area contributed by atoms with Crippen LogP contribution in [0.1, 0.15) is 38.1 Å². The summed E-state index contributed by atoms with van der Waals surface area (Å²) in [5, 5.41) is 19.9. The van der Waals surface area contributed by atoms with Crippen molar-refractivity contribution in [2.24, 2.45) is 5.92 Å². The Morgan fingerprint density at radius 2 is 1.95 bits per heavy atom. The average Bonchev–Trinajstić information content (AvgIpc) is 2.34. The lowest BCUT2D eigenvalue weighted by Crippen LogP contribution is -2.35. The Hall–Kier alpha value is -2.18. The predicted octanol–water partition coefficient (Wildman–Crippen LogP) is 3.30. The number of benzene rings is 1. The van der Waals surface area contributed by atoms with E-state index < -0.39 is 28.0 Å². The van der Waals surface area contributed by atoms with Crippen molar-refractivity contribution in [2.75, 3.05) is 11.4 Å². The first-order valence-electron chi connectivity index (χ1n) is 6.63. The highest BCUT2D eigenvalue weighted by Gasteiger charge is 2.26. The van der Waals surface area contributed by atoms with Gasteiger partial charge in [0.2, 0.25) is 0 Å². The van der Waals surface area contributed by atoms with Crippen molar-refractivity contribution in [3.8, 4) is 0 Å². The van der Waals surface area contributed by atoms with Gasteiger partial charge in [0.1, 0.15) is 5.56 Å². The van der Waals surface area contributed by atoms with Gasteiger partial charge in [-0.3, -0.25) is 10.1 Å². The van der Waals surface area contributed by atoms with Crippen molar-refractivity contribution in [3.05, 3.63) is 33.6 Å². The maximum Gasteiger partial charge on any atom is 0.342 e. The quantitative estimate of drug-likeness (QED) is 0.643. The standard InChI is InChI=1S/C14H19FN2O4/c1-8(2)7-16(9(3)4)13-5-10(14(18)19)12(17(20)21)6-11(13)15/h5-6,8-9H,7H2,1-4H3,(H,18,19). The minimum absolute atomic E-state index is 0.0648. The van der Waals surface area contributed by atoms with E-state index in [9.17, 15) is 19.3 Å². The molecule has 0 saturated carbocycles. The lowest BCUT2D eigenvalue weighted by Gasteiger charge is -2.31. The fraction of sp³-hybridized carbons (Fsp3) is 0.500. The third-order valence-electron chi connectivity index (χ3n) is 2.99. The van der Waals surface area contributed by atoms with Crippen LogP contribution in [0.2, 0.25) is 0 Å². The van der Waals surface area contributed by atoms with E-state index in [2.05, 4.69) is 0 Å². The molecule has 7 heteroatoms. The summed E-state index contributed by atoms with van der Waals surface area (Å²) in [6, 6.07) is 1.65. The monoisotopic (exact) mass is 298 g/mol. The molecule has 0 amide bonds. The second kappa shape index (κ2) is 6.51. The Balaban J connectivity index is 3.45. The van der Waals surface area contributed by atoms with Crippen LogP contribution in [0.5, 0.6) is 0 Å². The zero-order chi connectivity index (χ0) is 16.3. The van der Waals surface area contributed by atoms with Gasteiger partial charge in [0.15, 0.2) is 5.82 Å². The molecule has 0 heterocycles. The first-order chi connectivity index (χ1) is 9.65. The van der Waals surface area contributed by atoms with Gasteiger partial charge in [-0.15, -0.1) is 0 Å². The maximum absolute atomic E-state index is 14.2. The molecule has 6 nitrogen and oxygen atoms in total. The van der Waals surface area contributed by atoms with Gasteiger partial charge in [0.05, 0.1) is 16.7 Å². The van der Waals surface area contributed by atoms with E-state index in [1.165, 1.54) is 0 Å². The smallest absolute Gasteiger partial charge is 0.342 e. The highest BCUT2D eigenvalue weighted by atomic mass is 19.1. The van der Waals surface area contributed by atoms with Crippen LogP contribution in [-0.4, -0.2) is 28.6 Å². The largest absolute Gasteiger partial charge is 0.477 e. The van der Waals surface area contributed by atoms with E-state index in [0.29, 0.717) is 12.6 Å². The summed E-state index contributed by atoms with van der Waals surface area (Å²) in [6.45, 7) is 8.13. The number of halogens is 1. The zero-order valence-corrected chi connectivity index (χ0v) is 12.5. The number of rotatable bonds is 6. The number of anilines is 1. The Morgan fingerprint density at radius 1 is 1.38 bits per heavy atom. The lowest BCUT2D eigenvalue weighted by molar-refractivity contribution is -0.385. The number of carboxylic acids is 1. The third kappa shape index (κ3) is 3.90. The second-order valence-electron chi connectivity index (χ2n) is 5.52. The van der Waals surface area contributed by atoms with Crippen LogP contribution in [0.3, 0.4) is 0 Å². The molecule has 0 aliphatic heterocycles. The number of nitro benzene ring substituents is 1. The Bertz CT molecular complexity index is 558. The number of carbonyl (C=O) groups is 1. The van der Waals surface area contributed by atoms with Crippen LogP contribution in [0, 0.1) is 21.8 Å². The molecule has 1 N–H and O–H groups in total. The van der Waals surface area contributed by atoms with Gasteiger partial charge in [-0.25, -0.2) is 9.18 Å². The number of carboxylic acid groups (broad SMARTS) is 1. The number of aromatic carboxylic acids is 1. The van der Waals surface area contributed by atoms with E-state index in [-0.39, 0.29) is 17.6 Å². The molecular weight excluding hydrogens is 279 g/mol. The second-order valence-corrected chi connectivity index (χ2v) is 5.52. The van der Waals surface area contributed by atoms with Gasteiger partial charge >= 0.3 is 5.97 Å². The van der Waals surface area contributed by atoms with Gasteiger partial charge in [0, 0.05) is 12.6 Å². The van der Waals surface area contributed by atoms with Gasteiger partial charge in [-0.1, -0.05) is 13.8 Å². The van der Waals surface area contributed by atoms with Crippen LogP contribution in [0.25, 0.3) is 0 Å². The number of hydrogen-bond donors (Lipinski definition) is 1. The molecule has 0 aromatic heterocycles. The number of hydrogen-bond acceptors (Lipinski definition) is 4. The molecule has 0 aliphatic rings. The predicted molar refractivity (Wildman–Crippen MR) is 77.3 cm³/mol. The highest BCUT2D eigenvalue weighted by molar-refractivity contribution is 5.93. The van der Waals surface area contributed by atoms with E-state index in [1.807, 2.05) is 27.7 Å². The van der Waals surface area contributed by atoms with Crippen LogP contribution >= 0.6 is 0 Å². The summed E-state index contributed by atoms with van der Waals surface area (Å²) in [7, 11) is 0. The molecule has 21 heavy (non-hydrogen) atoms. The summed E-state index contributed by atoms with van der Waals surface area (Å²) in [6.07, 6.45) is 0. The molecular formula is C14H19FN2O4. The first-order valence-corrected chi connectivity index (χ1v) is 6.63. The minimum atomic E-state index is -1.45. The number of nitro groups is 1. The van der Waals surface area contributed by atoms with Crippen LogP contribution < -0.4 is 4.90 Å². The SMILES string of the molecule is CC(C)CN(c1cc(C(=O)O)c([N+](=O)[O-])cc1F)C(C)C. The summed E-state index contributed by atoms with van der Waals surface area (Å²) in [5.74, 6) is -2.01. The zero-order valence-electron chi connectivity index (χ0n) is 12.5. The van der Waals surface area contributed by atoms with E-state index in [1.54, 1.807) is 4.90 Å². The van der Waals surface area contributed by atoms with E-state index >= 15 is 0 Å². The summed E-state index contributed by atoms with van der Waals surface area (Å²) >= 11 is 0. The number of nitrogens with zero attached hydrogens (tertiary/aromatic N) is 2.